The van der Waals surface area contributed by atoms with Gasteiger partial charge in [-0.3, -0.25) is 5.10 Å². The summed E-state index contributed by atoms with van der Waals surface area (Å²) >= 11 is 0. The molecule has 0 saturated carbocycles. The summed E-state index contributed by atoms with van der Waals surface area (Å²) in [4.78, 5) is 0. The lowest BCUT2D eigenvalue weighted by Crippen LogP contribution is -2.03. The molecular formula is C14H15N3. The SMILES string of the molecule is C=C/C(C)=C/NC(=C)c1n[nH]c2ccccc12. The molecule has 0 spiro atoms. The molecule has 0 unspecified atom stereocenters. The molecule has 3 nitrogen and oxygen atoms in total. The average Bonchev–Trinajstić information content (AvgIpc) is 2.79. The number of fused-ring (bicyclic) bond motifs is 1. The maximum absolute atomic E-state index is 4.26. The van der Waals surface area contributed by atoms with Gasteiger partial charge in [0.25, 0.3) is 0 Å². The van der Waals surface area contributed by atoms with Gasteiger partial charge in [-0.05, 0) is 18.6 Å². The number of H-pyrrole nitrogens is 1. The molecule has 0 radical (unpaired) electrons. The highest BCUT2D eigenvalue weighted by molar-refractivity contribution is 5.89. The molecule has 0 fully saturated rings. The first-order valence-corrected chi connectivity index (χ1v) is 5.40. The zero-order chi connectivity index (χ0) is 12.3. The van der Waals surface area contributed by atoms with Gasteiger partial charge >= 0.3 is 0 Å². The lowest BCUT2D eigenvalue weighted by molar-refractivity contribution is 1.07. The van der Waals surface area contributed by atoms with E-state index >= 15 is 0 Å². The minimum Gasteiger partial charge on any atom is -0.360 e. The van der Waals surface area contributed by atoms with Crippen LogP contribution in [0.2, 0.25) is 0 Å². The van der Waals surface area contributed by atoms with Crippen molar-refractivity contribution in [3.05, 3.63) is 61.0 Å². The predicted octanol–water partition coefficient (Wildman–Crippen LogP) is 3.21. The summed E-state index contributed by atoms with van der Waals surface area (Å²) in [5, 5.41) is 11.4. The van der Waals surface area contributed by atoms with Crippen molar-refractivity contribution in [2.24, 2.45) is 0 Å². The summed E-state index contributed by atoms with van der Waals surface area (Å²) in [6.45, 7) is 9.64. The topological polar surface area (TPSA) is 40.7 Å². The fourth-order valence-electron chi connectivity index (χ4n) is 1.52. The maximum atomic E-state index is 4.26. The first kappa shape index (κ1) is 11.2. The number of benzene rings is 1. The van der Waals surface area contributed by atoms with Gasteiger partial charge in [0.1, 0.15) is 5.69 Å². The van der Waals surface area contributed by atoms with Crippen molar-refractivity contribution in [3.63, 3.8) is 0 Å². The molecule has 86 valence electrons. The van der Waals surface area contributed by atoms with Gasteiger partial charge in [-0.15, -0.1) is 0 Å². The molecule has 1 aromatic carbocycles. The van der Waals surface area contributed by atoms with Crippen LogP contribution in [0.5, 0.6) is 0 Å². The van der Waals surface area contributed by atoms with E-state index in [-0.39, 0.29) is 0 Å². The number of nitrogens with zero attached hydrogens (tertiary/aromatic N) is 1. The van der Waals surface area contributed by atoms with Crippen molar-refractivity contribution in [1.29, 1.82) is 0 Å². The highest BCUT2D eigenvalue weighted by Crippen LogP contribution is 2.19. The standard InChI is InChI=1S/C14H15N3/c1-4-10(2)9-15-11(3)14-12-7-5-6-8-13(12)16-17-14/h4-9,15H,1,3H2,2H3,(H,16,17)/b10-9+. The van der Waals surface area contributed by atoms with Crippen LogP contribution >= 0.6 is 0 Å². The molecule has 1 aromatic heterocycles. The van der Waals surface area contributed by atoms with Gasteiger partial charge in [-0.25, -0.2) is 0 Å². The number of nitrogens with one attached hydrogen (secondary N) is 2. The zero-order valence-electron chi connectivity index (χ0n) is 9.83. The van der Waals surface area contributed by atoms with Gasteiger partial charge in [0, 0.05) is 11.6 Å². The highest BCUT2D eigenvalue weighted by atomic mass is 15.1. The third-order valence-electron chi connectivity index (χ3n) is 2.55. The van der Waals surface area contributed by atoms with E-state index in [0.717, 1.165) is 27.9 Å². The predicted molar refractivity (Wildman–Crippen MR) is 72.2 cm³/mol. The van der Waals surface area contributed by atoms with Crippen LogP contribution in [0.1, 0.15) is 12.6 Å². The van der Waals surface area contributed by atoms with Gasteiger partial charge in [0.05, 0.1) is 11.2 Å². The summed E-state index contributed by atoms with van der Waals surface area (Å²) < 4.78 is 0. The lowest BCUT2D eigenvalue weighted by Gasteiger charge is -2.03. The molecule has 2 aromatic rings. The summed E-state index contributed by atoms with van der Waals surface area (Å²) in [5.41, 5.74) is 3.67. The molecule has 0 amide bonds. The van der Waals surface area contributed by atoms with Gasteiger partial charge in [-0.2, -0.15) is 5.10 Å². The van der Waals surface area contributed by atoms with Crippen LogP contribution in [0.15, 0.2) is 55.3 Å². The summed E-state index contributed by atoms with van der Waals surface area (Å²) in [5.74, 6) is 0. The third-order valence-corrected chi connectivity index (χ3v) is 2.55. The van der Waals surface area contributed by atoms with Crippen LogP contribution in [0, 0.1) is 0 Å². The molecule has 0 aliphatic rings. The van der Waals surface area contributed by atoms with E-state index in [1.54, 1.807) is 6.08 Å². The van der Waals surface area contributed by atoms with E-state index in [9.17, 15) is 0 Å². The number of para-hydroxylation sites is 1. The summed E-state index contributed by atoms with van der Waals surface area (Å²) in [6, 6.07) is 7.97. The molecular weight excluding hydrogens is 210 g/mol. The first-order chi connectivity index (χ1) is 8.22. The Morgan fingerprint density at radius 3 is 2.94 bits per heavy atom. The molecule has 2 rings (SSSR count). The monoisotopic (exact) mass is 225 g/mol. The number of aromatic nitrogens is 2. The quantitative estimate of drug-likeness (QED) is 0.784. The molecule has 17 heavy (non-hydrogen) atoms. The second-order valence-electron chi connectivity index (χ2n) is 3.83. The van der Waals surface area contributed by atoms with Crippen molar-refractivity contribution in [2.45, 2.75) is 6.92 Å². The van der Waals surface area contributed by atoms with Crippen LogP contribution in [0.25, 0.3) is 16.6 Å². The van der Waals surface area contributed by atoms with Crippen LogP contribution in [0.4, 0.5) is 0 Å². The Labute approximate surface area is 101 Å². The summed E-state index contributed by atoms with van der Waals surface area (Å²) in [7, 11) is 0. The smallest absolute Gasteiger partial charge is 0.115 e. The second-order valence-corrected chi connectivity index (χ2v) is 3.83. The molecule has 0 aliphatic carbocycles. The van der Waals surface area contributed by atoms with Gasteiger partial charge in [0.2, 0.25) is 0 Å². The number of aromatic amines is 1. The third kappa shape index (κ3) is 2.28. The Hall–Kier alpha value is -2.29. The molecule has 0 bridgehead atoms. The van der Waals surface area contributed by atoms with E-state index in [1.807, 2.05) is 37.4 Å². The Morgan fingerprint density at radius 1 is 1.41 bits per heavy atom. The molecule has 3 heteroatoms. The average molecular weight is 225 g/mol. The van der Waals surface area contributed by atoms with E-state index in [1.165, 1.54) is 0 Å². The Bertz CT molecular complexity index is 590. The Kier molecular flexibility index (Phi) is 3.10. The highest BCUT2D eigenvalue weighted by Gasteiger charge is 2.06. The minimum absolute atomic E-state index is 0.767. The molecule has 0 saturated heterocycles. The largest absolute Gasteiger partial charge is 0.360 e. The van der Waals surface area contributed by atoms with Crippen molar-refractivity contribution >= 4 is 16.6 Å². The van der Waals surface area contributed by atoms with Crippen molar-refractivity contribution in [1.82, 2.24) is 15.5 Å². The van der Waals surface area contributed by atoms with E-state index in [2.05, 4.69) is 28.7 Å². The Morgan fingerprint density at radius 2 is 2.18 bits per heavy atom. The van der Waals surface area contributed by atoms with Crippen molar-refractivity contribution in [3.8, 4) is 0 Å². The van der Waals surface area contributed by atoms with Crippen LogP contribution < -0.4 is 5.32 Å². The van der Waals surface area contributed by atoms with Crippen LogP contribution in [0.3, 0.4) is 0 Å². The molecule has 1 heterocycles. The van der Waals surface area contributed by atoms with Crippen LogP contribution in [-0.4, -0.2) is 10.2 Å². The fourth-order valence-corrected chi connectivity index (χ4v) is 1.52. The maximum Gasteiger partial charge on any atom is 0.115 e. The molecule has 0 aliphatic heterocycles. The van der Waals surface area contributed by atoms with E-state index < -0.39 is 0 Å². The number of allylic oxidation sites excluding steroid dienone is 2. The Balaban J connectivity index is 2.28. The number of rotatable bonds is 4. The molecule has 2 N–H and O–H groups in total. The minimum atomic E-state index is 0.767. The van der Waals surface area contributed by atoms with Crippen LogP contribution in [-0.2, 0) is 0 Å². The number of hydrogen-bond donors (Lipinski definition) is 2. The van der Waals surface area contributed by atoms with Crippen molar-refractivity contribution < 1.29 is 0 Å². The first-order valence-electron chi connectivity index (χ1n) is 5.40. The van der Waals surface area contributed by atoms with Gasteiger partial charge in [-0.1, -0.05) is 37.4 Å². The second kappa shape index (κ2) is 4.70. The van der Waals surface area contributed by atoms with E-state index in [0.29, 0.717) is 0 Å². The van der Waals surface area contributed by atoms with Gasteiger partial charge < -0.3 is 5.32 Å². The van der Waals surface area contributed by atoms with Crippen molar-refractivity contribution in [2.75, 3.05) is 0 Å². The van der Waals surface area contributed by atoms with E-state index in [4.69, 9.17) is 0 Å². The normalized spacial score (nSPS) is 11.5. The number of hydrogen-bond acceptors (Lipinski definition) is 2. The molecule has 0 atom stereocenters. The lowest BCUT2D eigenvalue weighted by atomic mass is 10.2. The summed E-state index contributed by atoms with van der Waals surface area (Å²) in [6.07, 6.45) is 3.64. The zero-order valence-corrected chi connectivity index (χ0v) is 9.83. The fraction of sp³-hybridized carbons (Fsp3) is 0.0714. The van der Waals surface area contributed by atoms with Gasteiger partial charge in [0.15, 0.2) is 0 Å².